The lowest BCUT2D eigenvalue weighted by Gasteiger charge is -2.18. The summed E-state index contributed by atoms with van der Waals surface area (Å²) < 4.78 is 16.7. The molecule has 0 N–H and O–H groups in total. The first kappa shape index (κ1) is 58.4. The van der Waals surface area contributed by atoms with Crippen molar-refractivity contribution >= 4 is 17.9 Å². The van der Waals surface area contributed by atoms with Crippen molar-refractivity contribution in [2.45, 2.75) is 316 Å². The first-order chi connectivity index (χ1) is 29.5. The average Bonchev–Trinajstić information content (AvgIpc) is 3.24. The van der Waals surface area contributed by atoms with E-state index in [0.717, 1.165) is 57.8 Å². The Kier molecular flexibility index (Phi) is 48.7. The summed E-state index contributed by atoms with van der Waals surface area (Å²) in [6.45, 7) is 6.63. The molecule has 0 radical (unpaired) electrons. The molecule has 0 bridgehead atoms. The highest BCUT2D eigenvalue weighted by atomic mass is 16.6. The van der Waals surface area contributed by atoms with E-state index >= 15 is 0 Å². The van der Waals surface area contributed by atoms with Crippen LogP contribution in [-0.2, 0) is 28.6 Å². The topological polar surface area (TPSA) is 78.9 Å². The van der Waals surface area contributed by atoms with Crippen LogP contribution in [0.15, 0.2) is 0 Å². The molecular weight excluding hydrogens is 745 g/mol. The van der Waals surface area contributed by atoms with E-state index in [9.17, 15) is 14.4 Å². The molecule has 6 nitrogen and oxygen atoms in total. The van der Waals surface area contributed by atoms with Gasteiger partial charge in [0.25, 0.3) is 0 Å². The van der Waals surface area contributed by atoms with Gasteiger partial charge < -0.3 is 14.2 Å². The molecule has 1 atom stereocenters. The highest BCUT2D eigenvalue weighted by molar-refractivity contribution is 5.71. The minimum atomic E-state index is -0.758. The Morgan fingerprint density at radius 1 is 0.267 bits per heavy atom. The minimum Gasteiger partial charge on any atom is -0.462 e. The molecular formula is C54H104O6. The van der Waals surface area contributed by atoms with Gasteiger partial charge in [0.2, 0.25) is 0 Å². The van der Waals surface area contributed by atoms with Crippen molar-refractivity contribution in [3.05, 3.63) is 0 Å². The summed E-state index contributed by atoms with van der Waals surface area (Å²) in [6, 6.07) is 0. The zero-order chi connectivity index (χ0) is 43.7. The number of carbonyl (C=O) groups is 3. The van der Waals surface area contributed by atoms with E-state index in [4.69, 9.17) is 14.2 Å². The Morgan fingerprint density at radius 3 is 0.667 bits per heavy atom. The summed E-state index contributed by atoms with van der Waals surface area (Å²) in [6.07, 6.45) is 54.1. The van der Waals surface area contributed by atoms with E-state index in [0.29, 0.717) is 19.3 Å². The van der Waals surface area contributed by atoms with E-state index in [1.54, 1.807) is 0 Å². The van der Waals surface area contributed by atoms with Crippen LogP contribution in [0.25, 0.3) is 0 Å². The molecule has 0 aromatic rings. The van der Waals surface area contributed by atoms with Gasteiger partial charge in [-0.2, -0.15) is 0 Å². The third-order valence-corrected chi connectivity index (χ3v) is 12.4. The molecule has 0 aliphatic carbocycles. The number of unbranched alkanes of at least 4 members (excludes halogenated alkanes) is 39. The van der Waals surface area contributed by atoms with Gasteiger partial charge >= 0.3 is 17.9 Å². The van der Waals surface area contributed by atoms with Gasteiger partial charge in [0.1, 0.15) is 13.2 Å². The van der Waals surface area contributed by atoms with Gasteiger partial charge in [-0.1, -0.05) is 271 Å². The Labute approximate surface area is 374 Å². The zero-order valence-corrected chi connectivity index (χ0v) is 40.8. The normalized spacial score (nSPS) is 11.8. The first-order valence-corrected chi connectivity index (χ1v) is 27.0. The van der Waals surface area contributed by atoms with E-state index in [-0.39, 0.29) is 31.1 Å². The Morgan fingerprint density at radius 2 is 0.450 bits per heavy atom. The highest BCUT2D eigenvalue weighted by Crippen LogP contribution is 2.17. The molecule has 356 valence electrons. The Balaban J connectivity index is 4.04. The number of hydrogen-bond acceptors (Lipinski definition) is 6. The van der Waals surface area contributed by atoms with Crippen LogP contribution < -0.4 is 0 Å². The second kappa shape index (κ2) is 50.1. The predicted octanol–water partition coefficient (Wildman–Crippen LogP) is 17.6. The molecule has 1 unspecified atom stereocenters. The number of esters is 3. The Hall–Kier alpha value is -1.59. The molecule has 0 fully saturated rings. The highest BCUT2D eigenvalue weighted by Gasteiger charge is 2.19. The monoisotopic (exact) mass is 849 g/mol. The third-order valence-electron chi connectivity index (χ3n) is 12.4. The summed E-state index contributed by atoms with van der Waals surface area (Å²) in [4.78, 5) is 37.7. The lowest BCUT2D eigenvalue weighted by atomic mass is 10.0. The van der Waals surface area contributed by atoms with Crippen LogP contribution >= 0.6 is 0 Å². The summed E-state index contributed by atoms with van der Waals surface area (Å²) in [5.41, 5.74) is 0. The molecule has 0 amide bonds. The van der Waals surface area contributed by atoms with Gasteiger partial charge in [-0.25, -0.2) is 0 Å². The maximum absolute atomic E-state index is 12.7. The molecule has 6 heteroatoms. The smallest absolute Gasteiger partial charge is 0.306 e. The number of ether oxygens (including phenoxy) is 3. The second-order valence-corrected chi connectivity index (χ2v) is 18.5. The van der Waals surface area contributed by atoms with Crippen molar-refractivity contribution in [2.75, 3.05) is 13.2 Å². The summed E-state index contributed by atoms with van der Waals surface area (Å²) in [5.74, 6) is -0.852. The summed E-state index contributed by atoms with van der Waals surface area (Å²) >= 11 is 0. The maximum Gasteiger partial charge on any atom is 0.306 e. The van der Waals surface area contributed by atoms with Crippen LogP contribution in [0, 0.1) is 0 Å². The van der Waals surface area contributed by atoms with Crippen molar-refractivity contribution in [1.82, 2.24) is 0 Å². The van der Waals surface area contributed by atoms with Crippen LogP contribution in [-0.4, -0.2) is 37.2 Å². The van der Waals surface area contributed by atoms with Crippen LogP contribution in [0.3, 0.4) is 0 Å². The van der Waals surface area contributed by atoms with Crippen molar-refractivity contribution in [2.24, 2.45) is 0 Å². The molecule has 0 saturated heterocycles. The fraction of sp³-hybridized carbons (Fsp3) is 0.944. The minimum absolute atomic E-state index is 0.0627. The SMILES string of the molecule is CCCCCCCCCCCCCCCCCCCCCCCCCC(=O)OCC(COC(=O)CCCCCCCC)OC(=O)CCCCCCCCCCCCCCC. The predicted molar refractivity (Wildman–Crippen MR) is 257 cm³/mol. The van der Waals surface area contributed by atoms with Crippen LogP contribution in [0.4, 0.5) is 0 Å². The fourth-order valence-electron chi connectivity index (χ4n) is 8.27. The van der Waals surface area contributed by atoms with E-state index < -0.39 is 6.10 Å². The van der Waals surface area contributed by atoms with E-state index in [1.807, 2.05) is 0 Å². The average molecular weight is 849 g/mol. The van der Waals surface area contributed by atoms with Gasteiger partial charge in [0.15, 0.2) is 6.10 Å². The van der Waals surface area contributed by atoms with Crippen LogP contribution in [0.5, 0.6) is 0 Å². The number of hydrogen-bond donors (Lipinski definition) is 0. The van der Waals surface area contributed by atoms with Gasteiger partial charge in [-0.15, -0.1) is 0 Å². The Bertz CT molecular complexity index is 889. The zero-order valence-electron chi connectivity index (χ0n) is 40.8. The van der Waals surface area contributed by atoms with Gasteiger partial charge in [-0.3, -0.25) is 14.4 Å². The second-order valence-electron chi connectivity index (χ2n) is 18.5. The molecule has 60 heavy (non-hydrogen) atoms. The molecule has 0 saturated carbocycles. The molecule has 0 aromatic heterocycles. The fourth-order valence-corrected chi connectivity index (χ4v) is 8.27. The molecule has 0 aromatic carbocycles. The number of carbonyl (C=O) groups excluding carboxylic acids is 3. The molecule has 0 aliphatic heterocycles. The first-order valence-electron chi connectivity index (χ1n) is 27.0. The van der Waals surface area contributed by atoms with Gasteiger partial charge in [-0.05, 0) is 19.3 Å². The van der Waals surface area contributed by atoms with Crippen LogP contribution in [0.1, 0.15) is 310 Å². The van der Waals surface area contributed by atoms with E-state index in [2.05, 4.69) is 20.8 Å². The van der Waals surface area contributed by atoms with Crippen molar-refractivity contribution < 1.29 is 28.6 Å². The third kappa shape index (κ3) is 47.5. The van der Waals surface area contributed by atoms with Crippen LogP contribution in [0.2, 0.25) is 0 Å². The molecule has 0 aliphatic rings. The number of rotatable bonds is 50. The lowest BCUT2D eigenvalue weighted by molar-refractivity contribution is -0.167. The van der Waals surface area contributed by atoms with E-state index in [1.165, 1.54) is 212 Å². The molecule has 0 spiro atoms. The van der Waals surface area contributed by atoms with Crippen molar-refractivity contribution in [3.63, 3.8) is 0 Å². The lowest BCUT2D eigenvalue weighted by Crippen LogP contribution is -2.30. The quantitative estimate of drug-likeness (QED) is 0.0345. The molecule has 0 rings (SSSR count). The van der Waals surface area contributed by atoms with Gasteiger partial charge in [0.05, 0.1) is 0 Å². The van der Waals surface area contributed by atoms with Crippen molar-refractivity contribution in [3.8, 4) is 0 Å². The maximum atomic E-state index is 12.7. The molecule has 0 heterocycles. The van der Waals surface area contributed by atoms with Crippen molar-refractivity contribution in [1.29, 1.82) is 0 Å². The van der Waals surface area contributed by atoms with Gasteiger partial charge in [0, 0.05) is 19.3 Å². The summed E-state index contributed by atoms with van der Waals surface area (Å²) in [5, 5.41) is 0. The standard InChI is InChI=1S/C54H104O6/c1-4-7-10-13-16-18-20-22-23-24-25-26-27-28-29-30-31-33-34-36-38-41-44-47-53(56)59-50-51(49-58-52(55)46-43-40-15-12-9-6-3)60-54(57)48-45-42-39-37-35-32-21-19-17-14-11-8-5-2/h51H,4-50H2,1-3H3. The largest absolute Gasteiger partial charge is 0.462 e. The summed E-state index contributed by atoms with van der Waals surface area (Å²) in [7, 11) is 0.